The van der Waals surface area contributed by atoms with Gasteiger partial charge in [0.15, 0.2) is 25.2 Å². The van der Waals surface area contributed by atoms with Gasteiger partial charge < -0.3 is 105 Å². The molecule has 0 radical (unpaired) electrons. The van der Waals surface area contributed by atoms with Crippen molar-refractivity contribution in [2.24, 2.45) is 0 Å². The largest absolute Gasteiger partial charge is 0.394 e. The molecule has 0 unspecified atom stereocenters. The second-order valence-electron chi connectivity index (χ2n) is 11.2. The summed E-state index contributed by atoms with van der Waals surface area (Å²) in [6.45, 7) is -3.20. The molecule has 45 heavy (non-hydrogen) atoms. The first-order valence-corrected chi connectivity index (χ1v) is 14.1. The summed E-state index contributed by atoms with van der Waals surface area (Å²) in [5.41, 5.74) is 0. The van der Waals surface area contributed by atoms with E-state index >= 15 is 0 Å². The minimum absolute atomic E-state index is 0.606. The molecule has 0 saturated carbocycles. The highest BCUT2D eigenvalue weighted by Crippen LogP contribution is 2.33. The van der Waals surface area contributed by atoms with Crippen LogP contribution in [0.25, 0.3) is 0 Å². The SMILES string of the molecule is OC[C@@H](O)[C@@H]1O[C@@H](O[C@H](CO)[C@@H]2O[C@@H](O[C@H](CO)[C@@H]3O[C@@H](OC[C@H]4O[C@H](O)[C@@H](O)[C@@H](O)[C@@H]4O)[C@H](O)[C@H]3O)[C@H](O)[C@H]2O)[C@H](O)[C@H]1O. The van der Waals surface area contributed by atoms with Crippen LogP contribution in [0.3, 0.4) is 0 Å². The summed E-state index contributed by atoms with van der Waals surface area (Å²) in [6.07, 6.45) is -33.4. The highest BCUT2D eigenvalue weighted by atomic mass is 16.8. The molecule has 0 aromatic carbocycles. The van der Waals surface area contributed by atoms with Gasteiger partial charge in [-0.25, -0.2) is 0 Å². The van der Waals surface area contributed by atoms with Gasteiger partial charge in [0.1, 0.15) is 97.7 Å². The second-order valence-corrected chi connectivity index (χ2v) is 11.2. The van der Waals surface area contributed by atoms with E-state index in [1.807, 2.05) is 0 Å². The average molecular weight is 667 g/mol. The predicted octanol–water partition coefficient (Wildman–Crippen LogP) is -9.75. The van der Waals surface area contributed by atoms with E-state index in [9.17, 15) is 66.4 Å². The van der Waals surface area contributed by atoms with Crippen molar-refractivity contribution in [3.63, 3.8) is 0 Å². The monoisotopic (exact) mass is 666 g/mol. The third-order valence-electron chi connectivity index (χ3n) is 8.16. The Morgan fingerprint density at radius 2 is 0.911 bits per heavy atom. The van der Waals surface area contributed by atoms with E-state index in [4.69, 9.17) is 38.3 Å². The molecule has 0 amide bonds. The molecule has 0 spiro atoms. The van der Waals surface area contributed by atoms with Crippen LogP contribution in [0.15, 0.2) is 0 Å². The molecule has 4 saturated heterocycles. The van der Waals surface area contributed by atoms with Crippen LogP contribution in [0.5, 0.6) is 0 Å². The van der Waals surface area contributed by atoms with Crippen molar-refractivity contribution in [1.82, 2.24) is 0 Å². The minimum atomic E-state index is -1.86. The van der Waals surface area contributed by atoms with Crippen LogP contribution in [0.2, 0.25) is 0 Å². The van der Waals surface area contributed by atoms with E-state index in [0.29, 0.717) is 0 Å². The number of hydrogen-bond donors (Lipinski definition) is 14. The third kappa shape index (κ3) is 7.59. The summed E-state index contributed by atoms with van der Waals surface area (Å²) in [4.78, 5) is 0. The van der Waals surface area contributed by atoms with Gasteiger partial charge in [0, 0.05) is 0 Å². The fourth-order valence-electron chi connectivity index (χ4n) is 5.47. The summed E-state index contributed by atoms with van der Waals surface area (Å²) in [5, 5.41) is 140. The molecule has 20 atom stereocenters. The molecular weight excluding hydrogens is 624 g/mol. The Hall–Kier alpha value is -0.840. The molecule has 21 nitrogen and oxygen atoms in total. The molecular formula is C24H42O21. The molecule has 21 heteroatoms. The lowest BCUT2D eigenvalue weighted by atomic mass is 9.99. The number of aliphatic hydroxyl groups is 14. The van der Waals surface area contributed by atoms with Gasteiger partial charge in [-0.1, -0.05) is 0 Å². The molecule has 4 heterocycles. The fraction of sp³-hybridized carbons (Fsp3) is 1.00. The molecule has 4 fully saturated rings. The van der Waals surface area contributed by atoms with Crippen molar-refractivity contribution in [2.75, 3.05) is 26.4 Å². The fourth-order valence-corrected chi connectivity index (χ4v) is 5.47. The molecule has 264 valence electrons. The smallest absolute Gasteiger partial charge is 0.187 e. The normalized spacial score (nSPS) is 49.3. The third-order valence-corrected chi connectivity index (χ3v) is 8.16. The first-order chi connectivity index (χ1) is 21.2. The topological polar surface area (TPSA) is 348 Å². The molecule has 4 aliphatic heterocycles. The lowest BCUT2D eigenvalue weighted by Crippen LogP contribution is -2.58. The van der Waals surface area contributed by atoms with Crippen LogP contribution in [-0.2, 0) is 33.2 Å². The molecule has 0 aliphatic carbocycles. The zero-order valence-corrected chi connectivity index (χ0v) is 23.5. The van der Waals surface area contributed by atoms with Crippen LogP contribution < -0.4 is 0 Å². The van der Waals surface area contributed by atoms with Crippen LogP contribution in [0, 0.1) is 0 Å². The van der Waals surface area contributed by atoms with E-state index in [-0.39, 0.29) is 0 Å². The highest BCUT2D eigenvalue weighted by Gasteiger charge is 2.54. The molecule has 4 rings (SSSR count). The van der Waals surface area contributed by atoms with E-state index < -0.39 is 149 Å². The predicted molar refractivity (Wildman–Crippen MR) is 134 cm³/mol. The van der Waals surface area contributed by atoms with Crippen LogP contribution >= 0.6 is 0 Å². The van der Waals surface area contributed by atoms with E-state index in [1.165, 1.54) is 0 Å². The highest BCUT2D eigenvalue weighted by molar-refractivity contribution is 4.97. The summed E-state index contributed by atoms with van der Waals surface area (Å²) >= 11 is 0. The van der Waals surface area contributed by atoms with Gasteiger partial charge in [0.05, 0.1) is 26.4 Å². The minimum Gasteiger partial charge on any atom is -0.394 e. The Bertz CT molecular complexity index is 918. The lowest BCUT2D eigenvalue weighted by molar-refractivity contribution is -0.299. The summed E-state index contributed by atoms with van der Waals surface area (Å²) in [7, 11) is 0. The quantitative estimate of drug-likeness (QED) is 0.0867. The number of ether oxygens (including phenoxy) is 7. The molecule has 0 aromatic rings. The van der Waals surface area contributed by atoms with E-state index in [0.717, 1.165) is 0 Å². The molecule has 0 aromatic heterocycles. The zero-order chi connectivity index (χ0) is 33.3. The van der Waals surface area contributed by atoms with Gasteiger partial charge in [-0.15, -0.1) is 0 Å². The van der Waals surface area contributed by atoms with Gasteiger partial charge in [0.25, 0.3) is 0 Å². The maximum atomic E-state index is 10.6. The van der Waals surface area contributed by atoms with Gasteiger partial charge in [-0.2, -0.15) is 0 Å². The molecule has 0 bridgehead atoms. The summed E-state index contributed by atoms with van der Waals surface area (Å²) < 4.78 is 37.5. The van der Waals surface area contributed by atoms with Crippen LogP contribution in [-0.4, -0.2) is 221 Å². The van der Waals surface area contributed by atoms with Gasteiger partial charge in [0.2, 0.25) is 0 Å². The number of rotatable bonds is 13. The van der Waals surface area contributed by atoms with Crippen molar-refractivity contribution >= 4 is 0 Å². The Balaban J connectivity index is 1.35. The molecule has 4 aliphatic rings. The number of hydrogen-bond acceptors (Lipinski definition) is 21. The lowest BCUT2D eigenvalue weighted by Gasteiger charge is -2.38. The van der Waals surface area contributed by atoms with E-state index in [1.54, 1.807) is 0 Å². The van der Waals surface area contributed by atoms with Crippen LogP contribution in [0.4, 0.5) is 0 Å². The van der Waals surface area contributed by atoms with Crippen molar-refractivity contribution < 1.29 is 105 Å². The Labute approximate surface area is 254 Å². The standard InChI is InChI=1S/C24H42O21/c25-1-5(28)18-11(31)16(36)23(43-18)41-7(3-27)20-13(33)17(37)24(45-20)42-6(2-26)19-12(32)15(35)22(44-19)39-4-8-9(29)10(30)14(34)21(38)40-8/h5-38H,1-4H2/t5-,6-,7-,8-,9-,10+,11-,12-,13-,14+,15-,16-,17-,18+,19+,20+,21+,22-,23-,24-/m1/s1. The van der Waals surface area contributed by atoms with Crippen molar-refractivity contribution in [1.29, 1.82) is 0 Å². The average Bonchev–Trinajstić information content (AvgIpc) is 3.59. The first kappa shape index (κ1) is 37.0. The summed E-state index contributed by atoms with van der Waals surface area (Å²) in [6, 6.07) is 0. The van der Waals surface area contributed by atoms with Gasteiger partial charge in [-0.3, -0.25) is 0 Å². The summed E-state index contributed by atoms with van der Waals surface area (Å²) in [5.74, 6) is 0. The van der Waals surface area contributed by atoms with Gasteiger partial charge in [-0.05, 0) is 0 Å². The first-order valence-electron chi connectivity index (χ1n) is 14.1. The maximum absolute atomic E-state index is 10.6. The number of aliphatic hydroxyl groups excluding tert-OH is 14. The Kier molecular flexibility index (Phi) is 12.8. The van der Waals surface area contributed by atoms with Crippen molar-refractivity contribution in [3.8, 4) is 0 Å². The molecule has 14 N–H and O–H groups in total. The Morgan fingerprint density at radius 3 is 1.40 bits per heavy atom. The van der Waals surface area contributed by atoms with Crippen molar-refractivity contribution in [2.45, 2.75) is 123 Å². The van der Waals surface area contributed by atoms with Crippen LogP contribution in [0.1, 0.15) is 0 Å². The Morgan fingerprint density at radius 1 is 0.467 bits per heavy atom. The van der Waals surface area contributed by atoms with Gasteiger partial charge >= 0.3 is 0 Å². The van der Waals surface area contributed by atoms with E-state index in [2.05, 4.69) is 0 Å². The zero-order valence-electron chi connectivity index (χ0n) is 23.5. The van der Waals surface area contributed by atoms with Crippen molar-refractivity contribution in [3.05, 3.63) is 0 Å². The second kappa shape index (κ2) is 15.6. The maximum Gasteiger partial charge on any atom is 0.187 e.